The third kappa shape index (κ3) is 6.71. The summed E-state index contributed by atoms with van der Waals surface area (Å²) in [6.45, 7) is 14.5. The lowest BCUT2D eigenvalue weighted by Crippen LogP contribution is -2.42. The molecule has 0 aromatic heterocycles. The molecule has 0 saturated carbocycles. The highest BCUT2D eigenvalue weighted by atomic mass is 31.2. The molecule has 0 aromatic rings. The monoisotopic (exact) mass is 397 g/mol. The van der Waals surface area contributed by atoms with Gasteiger partial charge in [0.25, 0.3) is 0 Å². The molecule has 0 unspecified atom stereocenters. The Morgan fingerprint density at radius 2 is 0.840 bits per heavy atom. The predicted molar refractivity (Wildman–Crippen MR) is 100 cm³/mol. The van der Waals surface area contributed by atoms with E-state index in [1.54, 1.807) is 13.3 Å². The Labute approximate surface area is 151 Å². The maximum absolute atomic E-state index is 12.7. The number of hydrogen-bond acceptors (Lipinski definition) is 5. The third-order valence-electron chi connectivity index (χ3n) is 4.69. The Morgan fingerprint density at radius 3 is 1.08 bits per heavy atom. The van der Waals surface area contributed by atoms with Gasteiger partial charge in [0.15, 0.2) is 0 Å². The normalized spacial score (nSPS) is 25.2. The molecule has 0 atom stereocenters. The van der Waals surface area contributed by atoms with Crippen molar-refractivity contribution in [3.05, 3.63) is 0 Å². The molecule has 3 fully saturated rings. The fourth-order valence-corrected chi connectivity index (χ4v) is 6.36. The second kappa shape index (κ2) is 9.95. The molecule has 0 aliphatic carbocycles. The van der Waals surface area contributed by atoms with E-state index < -0.39 is 14.7 Å². The van der Waals surface area contributed by atoms with Gasteiger partial charge < -0.3 is 18.8 Å². The van der Waals surface area contributed by atoms with Crippen molar-refractivity contribution >= 4 is 14.7 Å². The second-order valence-corrected chi connectivity index (χ2v) is 12.8. The van der Waals surface area contributed by atoms with Crippen LogP contribution >= 0.6 is 14.7 Å². The Balaban J connectivity index is 0.000000196. The van der Waals surface area contributed by atoms with Gasteiger partial charge in [-0.3, -0.25) is 4.57 Å². The van der Waals surface area contributed by atoms with Crippen molar-refractivity contribution in [2.24, 2.45) is 0 Å². The summed E-state index contributed by atoms with van der Waals surface area (Å²) in [5.41, 5.74) is 0. The van der Waals surface area contributed by atoms with Gasteiger partial charge in [-0.15, -0.1) is 0 Å². The molecule has 3 aliphatic rings. The molecule has 3 saturated heterocycles. The predicted octanol–water partition coefficient (Wildman–Crippen LogP) is 1.33. The number of morpholine rings is 3. The van der Waals surface area contributed by atoms with E-state index in [1.165, 1.54) is 0 Å². The number of ether oxygens (including phenoxy) is 3. The molecular weight excluding hydrogens is 364 g/mol. The van der Waals surface area contributed by atoms with E-state index in [4.69, 9.17) is 14.2 Å². The lowest BCUT2D eigenvalue weighted by molar-refractivity contribution is 0.0531. The maximum Gasteiger partial charge on any atom is 0.213 e. The standard InChI is InChI=1S/C9H19N2O3P.C6H14NO2P/c1-15(12,10-2-6-13-7-3-10)11-4-8-14-9-5-11;1-10(2,8)7-3-5-9-6-4-7/h2-9H2,1H3;3-6H2,1-2H3. The zero-order chi connectivity index (χ0) is 18.3. The van der Waals surface area contributed by atoms with E-state index in [0.717, 1.165) is 52.5 Å². The number of rotatable bonds is 3. The second-order valence-electron chi connectivity index (χ2n) is 6.83. The minimum absolute atomic E-state index is 0.697. The van der Waals surface area contributed by atoms with E-state index in [9.17, 15) is 9.13 Å². The first kappa shape index (κ1) is 21.5. The zero-order valence-electron chi connectivity index (χ0n) is 15.8. The largest absolute Gasteiger partial charge is 0.379 e. The molecule has 0 bridgehead atoms. The van der Waals surface area contributed by atoms with Crippen molar-refractivity contribution in [3.8, 4) is 0 Å². The van der Waals surface area contributed by atoms with Crippen LogP contribution in [0.2, 0.25) is 0 Å². The van der Waals surface area contributed by atoms with Crippen molar-refractivity contribution in [2.75, 3.05) is 98.9 Å². The van der Waals surface area contributed by atoms with Crippen LogP contribution in [0.5, 0.6) is 0 Å². The number of hydrogen-bond donors (Lipinski definition) is 0. The Bertz CT molecular complexity index is 462. The molecule has 10 heteroatoms. The van der Waals surface area contributed by atoms with E-state index in [2.05, 4.69) is 9.34 Å². The first-order valence-corrected chi connectivity index (χ1v) is 13.5. The van der Waals surface area contributed by atoms with Crippen molar-refractivity contribution in [2.45, 2.75) is 0 Å². The van der Waals surface area contributed by atoms with Gasteiger partial charge in [0.05, 0.1) is 39.6 Å². The first-order chi connectivity index (χ1) is 11.8. The van der Waals surface area contributed by atoms with Crippen molar-refractivity contribution < 1.29 is 23.3 Å². The molecule has 0 spiro atoms. The Hall–Kier alpha value is 0.220. The molecule has 0 aromatic carbocycles. The van der Waals surface area contributed by atoms with E-state index >= 15 is 0 Å². The summed E-state index contributed by atoms with van der Waals surface area (Å²) in [4.78, 5) is 0. The highest BCUT2D eigenvalue weighted by Gasteiger charge is 2.34. The molecule has 148 valence electrons. The molecule has 3 heterocycles. The fourth-order valence-electron chi connectivity index (χ4n) is 3.06. The summed E-state index contributed by atoms with van der Waals surface area (Å²) in [5.74, 6) is 0. The van der Waals surface area contributed by atoms with Gasteiger partial charge in [-0.05, 0) is 0 Å². The van der Waals surface area contributed by atoms with Crippen molar-refractivity contribution in [1.82, 2.24) is 14.0 Å². The molecular formula is C15H33N3O5P2. The van der Waals surface area contributed by atoms with Crippen LogP contribution in [-0.2, 0) is 23.3 Å². The lowest BCUT2D eigenvalue weighted by atomic mass is 10.5. The van der Waals surface area contributed by atoms with E-state index in [0.29, 0.717) is 26.4 Å². The highest BCUT2D eigenvalue weighted by molar-refractivity contribution is 7.59. The third-order valence-corrected chi connectivity index (χ3v) is 9.35. The molecule has 0 N–H and O–H groups in total. The van der Waals surface area contributed by atoms with E-state index in [-0.39, 0.29) is 0 Å². The summed E-state index contributed by atoms with van der Waals surface area (Å²) < 4.78 is 45.9. The molecule has 0 radical (unpaired) electrons. The van der Waals surface area contributed by atoms with Crippen LogP contribution in [0.1, 0.15) is 0 Å². The minimum atomic E-state index is -2.34. The Kier molecular flexibility index (Phi) is 8.57. The maximum atomic E-state index is 12.7. The highest BCUT2D eigenvalue weighted by Crippen LogP contribution is 2.49. The minimum Gasteiger partial charge on any atom is -0.379 e. The van der Waals surface area contributed by atoms with Gasteiger partial charge in [0, 0.05) is 59.3 Å². The van der Waals surface area contributed by atoms with Crippen molar-refractivity contribution in [3.63, 3.8) is 0 Å². The van der Waals surface area contributed by atoms with Gasteiger partial charge >= 0.3 is 0 Å². The van der Waals surface area contributed by atoms with Crippen LogP contribution in [0.4, 0.5) is 0 Å². The molecule has 0 amide bonds. The van der Waals surface area contributed by atoms with Gasteiger partial charge in [-0.2, -0.15) is 0 Å². The topological polar surface area (TPSA) is 71.6 Å². The molecule has 8 nitrogen and oxygen atoms in total. The van der Waals surface area contributed by atoms with Gasteiger partial charge in [-0.25, -0.2) is 14.0 Å². The van der Waals surface area contributed by atoms with Crippen LogP contribution in [0.15, 0.2) is 0 Å². The summed E-state index contributed by atoms with van der Waals surface area (Å²) in [5, 5.41) is 0. The summed E-state index contributed by atoms with van der Waals surface area (Å²) >= 11 is 0. The quantitative estimate of drug-likeness (QED) is 0.661. The summed E-state index contributed by atoms with van der Waals surface area (Å²) in [6.07, 6.45) is 0. The zero-order valence-corrected chi connectivity index (χ0v) is 17.6. The Morgan fingerprint density at radius 1 is 0.560 bits per heavy atom. The van der Waals surface area contributed by atoms with Crippen LogP contribution in [0.3, 0.4) is 0 Å². The van der Waals surface area contributed by atoms with Crippen LogP contribution in [-0.4, -0.2) is 113 Å². The smallest absolute Gasteiger partial charge is 0.213 e. The first-order valence-electron chi connectivity index (χ1n) is 8.94. The van der Waals surface area contributed by atoms with Gasteiger partial charge in [0.1, 0.15) is 7.29 Å². The van der Waals surface area contributed by atoms with E-state index in [1.807, 2.05) is 11.3 Å². The van der Waals surface area contributed by atoms with Crippen LogP contribution in [0, 0.1) is 0 Å². The van der Waals surface area contributed by atoms with Gasteiger partial charge in [-0.1, -0.05) is 0 Å². The lowest BCUT2D eigenvalue weighted by Gasteiger charge is -2.40. The molecule has 3 aliphatic heterocycles. The summed E-state index contributed by atoms with van der Waals surface area (Å²) in [7, 11) is -4.32. The SMILES string of the molecule is CP(=O)(N1CCOCC1)N1CCOCC1.CP(C)(=O)N1CCOCC1. The summed E-state index contributed by atoms with van der Waals surface area (Å²) in [6, 6.07) is 0. The van der Waals surface area contributed by atoms with Crippen LogP contribution < -0.4 is 0 Å². The molecule has 3 rings (SSSR count). The van der Waals surface area contributed by atoms with Crippen molar-refractivity contribution in [1.29, 1.82) is 0 Å². The average molecular weight is 397 g/mol. The van der Waals surface area contributed by atoms with Crippen LogP contribution in [0.25, 0.3) is 0 Å². The van der Waals surface area contributed by atoms with Gasteiger partial charge in [0.2, 0.25) is 7.44 Å². The number of nitrogens with zero attached hydrogens (tertiary/aromatic N) is 3. The molecule has 25 heavy (non-hydrogen) atoms. The fraction of sp³-hybridized carbons (Fsp3) is 1.00. The average Bonchev–Trinajstić information content (AvgIpc) is 2.64.